The summed E-state index contributed by atoms with van der Waals surface area (Å²) in [7, 11) is 1.66. The molecule has 1 heterocycles. The number of carbonyl (C=O) groups excluding carboxylic acids is 2. The molecule has 3 aromatic carbocycles. The summed E-state index contributed by atoms with van der Waals surface area (Å²) in [6.07, 6.45) is -4.43. The highest BCUT2D eigenvalue weighted by atomic mass is 32.2. The van der Waals surface area contributed by atoms with Crippen LogP contribution in [0.1, 0.15) is 20.7 Å². The third kappa shape index (κ3) is 9.55. The molecule has 1 fully saturated rings. The number of ether oxygens (including phenoxy) is 4. The molecule has 0 bridgehead atoms. The first-order valence-electron chi connectivity index (χ1n) is 12.4. The second-order valence-corrected chi connectivity index (χ2v) is 9.65. The molecule has 0 aromatic heterocycles. The van der Waals surface area contributed by atoms with Crippen molar-refractivity contribution in [1.82, 2.24) is 5.32 Å². The van der Waals surface area contributed by atoms with Crippen molar-refractivity contribution in [2.45, 2.75) is 17.6 Å². The quantitative estimate of drug-likeness (QED) is 0.283. The van der Waals surface area contributed by atoms with Gasteiger partial charge in [-0.05, 0) is 36.4 Å². The largest absolute Gasteiger partial charge is 0.493 e. The van der Waals surface area contributed by atoms with Crippen LogP contribution in [-0.4, -0.2) is 77.7 Å². The number of para-hydroxylation sites is 2. The van der Waals surface area contributed by atoms with Crippen molar-refractivity contribution >= 4 is 35.6 Å². The minimum Gasteiger partial charge on any atom is -0.493 e. The Hall–Kier alpha value is -4.55. The van der Waals surface area contributed by atoms with Gasteiger partial charge in [-0.15, -0.1) is 11.8 Å². The number of nitrogens with one attached hydrogen (secondary N) is 1. The van der Waals surface area contributed by atoms with E-state index >= 15 is 0 Å². The number of carboxylic acids is 2. The van der Waals surface area contributed by atoms with Crippen LogP contribution in [0.3, 0.4) is 0 Å². The predicted octanol–water partition coefficient (Wildman–Crippen LogP) is 3.34. The molecule has 1 saturated heterocycles. The summed E-state index contributed by atoms with van der Waals surface area (Å²) in [6, 6.07) is 22.6. The molecule has 12 heteroatoms. The van der Waals surface area contributed by atoms with Crippen molar-refractivity contribution in [1.29, 1.82) is 0 Å². The van der Waals surface area contributed by atoms with Crippen LogP contribution in [0.4, 0.5) is 0 Å². The Labute approximate surface area is 240 Å². The van der Waals surface area contributed by atoms with E-state index in [2.05, 4.69) is 5.32 Å². The molecule has 0 amide bonds. The summed E-state index contributed by atoms with van der Waals surface area (Å²) in [5.74, 6) is -2.86. The van der Waals surface area contributed by atoms with E-state index in [9.17, 15) is 29.4 Å². The first kappa shape index (κ1) is 31.0. The molecule has 0 saturated carbocycles. The van der Waals surface area contributed by atoms with Crippen molar-refractivity contribution in [2.75, 3.05) is 26.0 Å². The summed E-state index contributed by atoms with van der Waals surface area (Å²) in [4.78, 5) is 46.8. The lowest BCUT2D eigenvalue weighted by Crippen LogP contribution is -2.45. The Morgan fingerprint density at radius 1 is 0.780 bits per heavy atom. The van der Waals surface area contributed by atoms with E-state index in [1.807, 2.05) is 36.0 Å². The molecule has 41 heavy (non-hydrogen) atoms. The van der Waals surface area contributed by atoms with Gasteiger partial charge < -0.3 is 34.5 Å². The summed E-state index contributed by atoms with van der Waals surface area (Å²) >= 11 is 1.90. The summed E-state index contributed by atoms with van der Waals surface area (Å²) in [5.41, 5.74) is 0.0505. The zero-order chi connectivity index (χ0) is 29.6. The number of hydrogen-bond acceptors (Lipinski definition) is 10. The molecule has 3 atom stereocenters. The van der Waals surface area contributed by atoms with E-state index in [1.165, 1.54) is 54.3 Å². The van der Waals surface area contributed by atoms with Gasteiger partial charge in [0.2, 0.25) is 12.2 Å². The number of hydrogen-bond donors (Lipinski definition) is 3. The van der Waals surface area contributed by atoms with E-state index in [0.29, 0.717) is 12.0 Å². The Morgan fingerprint density at radius 3 is 1.66 bits per heavy atom. The Kier molecular flexibility index (Phi) is 12.0. The lowest BCUT2D eigenvalue weighted by Gasteiger charge is -2.21. The van der Waals surface area contributed by atoms with Gasteiger partial charge in [0.05, 0.1) is 23.6 Å². The van der Waals surface area contributed by atoms with E-state index in [-0.39, 0.29) is 11.1 Å². The lowest BCUT2D eigenvalue weighted by atomic mass is 10.1. The maximum atomic E-state index is 12.0. The number of aliphatic carboxylic acids is 2. The van der Waals surface area contributed by atoms with E-state index < -0.39 is 36.1 Å². The second kappa shape index (κ2) is 15.9. The molecular formula is C29H29NO10S. The fourth-order valence-electron chi connectivity index (χ4n) is 3.49. The third-order valence-electron chi connectivity index (χ3n) is 5.50. The highest BCUT2D eigenvalue weighted by Gasteiger charge is 2.41. The van der Waals surface area contributed by atoms with E-state index in [4.69, 9.17) is 18.9 Å². The number of thioether (sulfide) groups is 1. The van der Waals surface area contributed by atoms with Gasteiger partial charge in [-0.3, -0.25) is 0 Å². The summed E-state index contributed by atoms with van der Waals surface area (Å²) in [5, 5.41) is 22.3. The normalized spacial score (nSPS) is 15.3. The molecule has 4 rings (SSSR count). The molecule has 216 valence electrons. The minimum atomic E-state index is -2.21. The monoisotopic (exact) mass is 583 g/mol. The highest BCUT2D eigenvalue weighted by Crippen LogP contribution is 2.26. The lowest BCUT2D eigenvalue weighted by molar-refractivity contribution is -0.166. The van der Waals surface area contributed by atoms with Crippen LogP contribution in [0, 0.1) is 0 Å². The molecule has 1 aliphatic heterocycles. The Bertz CT molecular complexity index is 1230. The number of esters is 2. The number of rotatable bonds is 11. The SMILES string of the molecule is COc1ccccc1OC[C@H]1NCCS1.O=C(OC(C(=O)O)C(OC(=O)c1ccccc1)C(=O)O)c1ccccc1. The molecule has 1 aliphatic rings. The molecule has 2 unspecified atom stereocenters. The fourth-order valence-corrected chi connectivity index (χ4v) is 4.41. The second-order valence-electron chi connectivity index (χ2n) is 8.34. The van der Waals surface area contributed by atoms with Gasteiger partial charge >= 0.3 is 23.9 Å². The summed E-state index contributed by atoms with van der Waals surface area (Å²) in [6.45, 7) is 1.76. The number of carboxylic acid groups (broad SMARTS) is 2. The zero-order valence-corrected chi connectivity index (χ0v) is 22.8. The predicted molar refractivity (Wildman–Crippen MR) is 149 cm³/mol. The maximum Gasteiger partial charge on any atom is 0.349 e. The Morgan fingerprint density at radius 2 is 1.24 bits per heavy atom. The molecule has 0 spiro atoms. The number of benzene rings is 3. The standard InChI is InChI=1S/C18H14O8.C11H15NO2S/c19-15(20)13(25-17(23)11-7-3-1-4-8-11)14(16(21)22)26-18(24)12-9-5-2-6-10-12;1-13-9-4-2-3-5-10(9)14-8-11-12-6-7-15-11/h1-10,13-14H,(H,19,20)(H,21,22);2-5,11-12H,6-8H2,1H3/t;11-/m.0/s1. The average molecular weight is 584 g/mol. The molecule has 3 N–H and O–H groups in total. The molecule has 0 aliphatic carbocycles. The van der Waals surface area contributed by atoms with Gasteiger partial charge in [-0.2, -0.15) is 0 Å². The van der Waals surface area contributed by atoms with Gasteiger partial charge in [0.15, 0.2) is 11.5 Å². The van der Waals surface area contributed by atoms with Crippen molar-refractivity contribution in [3.8, 4) is 11.5 Å². The fraction of sp³-hybridized carbons (Fsp3) is 0.241. The molecule has 0 radical (unpaired) electrons. The van der Waals surface area contributed by atoms with Crippen LogP contribution < -0.4 is 14.8 Å². The van der Waals surface area contributed by atoms with Crippen LogP contribution in [0.2, 0.25) is 0 Å². The minimum absolute atomic E-state index is 0.0253. The van der Waals surface area contributed by atoms with Crippen LogP contribution >= 0.6 is 11.8 Å². The van der Waals surface area contributed by atoms with Gasteiger partial charge in [0.25, 0.3) is 0 Å². The van der Waals surface area contributed by atoms with E-state index in [1.54, 1.807) is 19.2 Å². The number of carbonyl (C=O) groups is 4. The first-order valence-corrected chi connectivity index (χ1v) is 13.4. The van der Waals surface area contributed by atoms with Crippen molar-refractivity contribution in [2.24, 2.45) is 0 Å². The third-order valence-corrected chi connectivity index (χ3v) is 6.65. The molecule has 3 aromatic rings. The van der Waals surface area contributed by atoms with Crippen molar-refractivity contribution < 1.29 is 48.3 Å². The van der Waals surface area contributed by atoms with Gasteiger partial charge in [-0.1, -0.05) is 48.5 Å². The first-order chi connectivity index (χ1) is 19.8. The van der Waals surface area contributed by atoms with E-state index in [0.717, 1.165) is 18.0 Å². The highest BCUT2D eigenvalue weighted by molar-refractivity contribution is 8.00. The summed E-state index contributed by atoms with van der Waals surface area (Å²) < 4.78 is 20.4. The van der Waals surface area contributed by atoms with Crippen LogP contribution in [0.25, 0.3) is 0 Å². The van der Waals surface area contributed by atoms with Gasteiger partial charge in [-0.25, -0.2) is 19.2 Å². The average Bonchev–Trinajstić information content (AvgIpc) is 3.52. The van der Waals surface area contributed by atoms with Gasteiger partial charge in [0, 0.05) is 12.3 Å². The van der Waals surface area contributed by atoms with Crippen LogP contribution in [-0.2, 0) is 19.1 Å². The molecular weight excluding hydrogens is 554 g/mol. The Balaban J connectivity index is 0.000000260. The maximum absolute atomic E-state index is 12.0. The van der Waals surface area contributed by atoms with Crippen LogP contribution in [0.15, 0.2) is 84.9 Å². The van der Waals surface area contributed by atoms with Gasteiger partial charge in [0.1, 0.15) is 6.61 Å². The number of methoxy groups -OCH3 is 1. The molecule has 11 nitrogen and oxygen atoms in total. The van der Waals surface area contributed by atoms with Crippen molar-refractivity contribution in [3.05, 3.63) is 96.1 Å². The smallest absolute Gasteiger partial charge is 0.349 e. The topological polar surface area (TPSA) is 158 Å². The van der Waals surface area contributed by atoms with Crippen LogP contribution in [0.5, 0.6) is 11.5 Å². The van der Waals surface area contributed by atoms with Crippen molar-refractivity contribution in [3.63, 3.8) is 0 Å². The zero-order valence-electron chi connectivity index (χ0n) is 22.0.